The summed E-state index contributed by atoms with van der Waals surface area (Å²) in [5.41, 5.74) is 1.88. The van der Waals surface area contributed by atoms with Crippen LogP contribution in [0.15, 0.2) is 35.7 Å². The van der Waals surface area contributed by atoms with Gasteiger partial charge >= 0.3 is 0 Å². The fraction of sp³-hybridized carbons (Fsp3) is 0.389. The second kappa shape index (κ2) is 8.74. The van der Waals surface area contributed by atoms with Crippen LogP contribution in [0.4, 0.5) is 11.4 Å². The number of nitrogens with zero attached hydrogens (tertiary/aromatic N) is 5. The van der Waals surface area contributed by atoms with Crippen LogP contribution in [0.25, 0.3) is 0 Å². The van der Waals surface area contributed by atoms with Gasteiger partial charge in [-0.25, -0.2) is 0 Å². The van der Waals surface area contributed by atoms with Gasteiger partial charge in [-0.05, 0) is 12.1 Å². The molecule has 0 saturated carbocycles. The van der Waals surface area contributed by atoms with E-state index in [4.69, 9.17) is 6.42 Å². The Balaban J connectivity index is 1.59. The Kier molecular flexibility index (Phi) is 6.15. The maximum Gasteiger partial charge on any atom is 0.234 e. The lowest BCUT2D eigenvalue weighted by Crippen LogP contribution is -2.46. The molecule has 1 N–H and O–H groups in total. The molecular formula is C18H22N6OS. The van der Waals surface area contributed by atoms with Gasteiger partial charge in [0.25, 0.3) is 0 Å². The highest BCUT2D eigenvalue weighted by Gasteiger charge is 2.19. The standard InChI is InChI=1S/C18H22N6OS/c1-3-8-23-9-11-24(12-10-23)16-7-5-4-6-15(16)20-17(25)13-26-18-21-19-14-22(18)2/h1,4-7,14H,8-13H2,2H3,(H,20,25). The number of carbonyl (C=O) groups is 1. The number of nitrogens with one attached hydrogen (secondary N) is 1. The zero-order chi connectivity index (χ0) is 18.4. The van der Waals surface area contributed by atoms with Crippen molar-refractivity contribution >= 4 is 29.0 Å². The minimum Gasteiger partial charge on any atom is -0.367 e. The predicted octanol–water partition coefficient (Wildman–Crippen LogP) is 1.30. The molecule has 2 heterocycles. The monoisotopic (exact) mass is 370 g/mol. The lowest BCUT2D eigenvalue weighted by Gasteiger charge is -2.36. The van der Waals surface area contributed by atoms with E-state index < -0.39 is 0 Å². The quantitative estimate of drug-likeness (QED) is 0.611. The van der Waals surface area contributed by atoms with Crippen LogP contribution in [-0.4, -0.2) is 64.0 Å². The second-order valence-electron chi connectivity index (χ2n) is 6.05. The highest BCUT2D eigenvalue weighted by molar-refractivity contribution is 7.99. The summed E-state index contributed by atoms with van der Waals surface area (Å²) in [6.07, 6.45) is 7.01. The molecule has 8 heteroatoms. The van der Waals surface area contributed by atoms with Crippen LogP contribution in [0, 0.1) is 12.3 Å². The van der Waals surface area contributed by atoms with Crippen LogP contribution in [-0.2, 0) is 11.8 Å². The van der Waals surface area contributed by atoms with Crippen LogP contribution in [0.3, 0.4) is 0 Å². The molecule has 1 aliphatic rings. The Morgan fingerprint density at radius 1 is 1.31 bits per heavy atom. The number of rotatable bonds is 6. The molecule has 26 heavy (non-hydrogen) atoms. The van der Waals surface area contributed by atoms with Crippen molar-refractivity contribution in [3.8, 4) is 12.3 Å². The summed E-state index contributed by atoms with van der Waals surface area (Å²) in [6, 6.07) is 7.91. The Morgan fingerprint density at radius 3 is 2.77 bits per heavy atom. The first-order chi connectivity index (χ1) is 12.7. The highest BCUT2D eigenvalue weighted by atomic mass is 32.2. The van der Waals surface area contributed by atoms with Crippen LogP contribution < -0.4 is 10.2 Å². The molecule has 136 valence electrons. The average molecular weight is 370 g/mol. The molecule has 0 aliphatic carbocycles. The zero-order valence-corrected chi connectivity index (χ0v) is 15.6. The van der Waals surface area contributed by atoms with Crippen molar-refractivity contribution in [1.82, 2.24) is 19.7 Å². The van der Waals surface area contributed by atoms with Gasteiger partial charge in [-0.1, -0.05) is 29.8 Å². The van der Waals surface area contributed by atoms with Gasteiger partial charge in [-0.2, -0.15) is 0 Å². The number of hydrogen-bond acceptors (Lipinski definition) is 6. The maximum atomic E-state index is 12.4. The molecule has 1 aromatic heterocycles. The zero-order valence-electron chi connectivity index (χ0n) is 14.8. The fourth-order valence-corrected chi connectivity index (χ4v) is 3.54. The van der Waals surface area contributed by atoms with E-state index in [-0.39, 0.29) is 11.7 Å². The Hall–Kier alpha value is -2.50. The Morgan fingerprint density at radius 2 is 2.08 bits per heavy atom. The molecule has 3 rings (SSSR count). The number of benzene rings is 1. The number of piperazine rings is 1. The Labute approximate surface area is 157 Å². The van der Waals surface area contributed by atoms with E-state index >= 15 is 0 Å². The number of amides is 1. The van der Waals surface area contributed by atoms with Gasteiger partial charge in [0, 0.05) is 33.2 Å². The lowest BCUT2D eigenvalue weighted by atomic mass is 10.2. The van der Waals surface area contributed by atoms with E-state index in [1.54, 1.807) is 10.9 Å². The van der Waals surface area contributed by atoms with Crippen LogP contribution in [0.2, 0.25) is 0 Å². The van der Waals surface area contributed by atoms with Crippen molar-refractivity contribution in [2.45, 2.75) is 5.16 Å². The van der Waals surface area contributed by atoms with Crippen molar-refractivity contribution in [3.05, 3.63) is 30.6 Å². The van der Waals surface area contributed by atoms with E-state index in [9.17, 15) is 4.79 Å². The first kappa shape index (κ1) is 18.3. The van der Waals surface area contributed by atoms with Crippen LogP contribution in [0.1, 0.15) is 0 Å². The topological polar surface area (TPSA) is 66.3 Å². The third-order valence-corrected chi connectivity index (χ3v) is 5.24. The number of aromatic nitrogens is 3. The molecule has 7 nitrogen and oxygen atoms in total. The van der Waals surface area contributed by atoms with Gasteiger partial charge in [-0.15, -0.1) is 16.6 Å². The summed E-state index contributed by atoms with van der Waals surface area (Å²) in [5.74, 6) is 2.93. The fourth-order valence-electron chi connectivity index (χ4n) is 2.85. The number of aryl methyl sites for hydroxylation is 1. The molecule has 2 aromatic rings. The molecule has 0 radical (unpaired) electrons. The lowest BCUT2D eigenvalue weighted by molar-refractivity contribution is -0.113. The molecule has 1 aliphatic heterocycles. The molecule has 0 bridgehead atoms. The Bertz CT molecular complexity index is 791. The summed E-state index contributed by atoms with van der Waals surface area (Å²) in [7, 11) is 1.86. The summed E-state index contributed by atoms with van der Waals surface area (Å²) in [6.45, 7) is 4.32. The van der Waals surface area contributed by atoms with Crippen LogP contribution >= 0.6 is 11.8 Å². The first-order valence-corrected chi connectivity index (χ1v) is 9.42. The number of para-hydroxylation sites is 2. The number of terminal acetylenes is 1. The number of thioether (sulfide) groups is 1. The molecular weight excluding hydrogens is 348 g/mol. The van der Waals surface area contributed by atoms with E-state index in [0.29, 0.717) is 6.54 Å². The van der Waals surface area contributed by atoms with Crippen molar-refractivity contribution in [2.75, 3.05) is 48.7 Å². The maximum absolute atomic E-state index is 12.4. The van der Waals surface area contributed by atoms with Crippen LogP contribution in [0.5, 0.6) is 0 Å². The highest BCUT2D eigenvalue weighted by Crippen LogP contribution is 2.27. The van der Waals surface area contributed by atoms with Gasteiger partial charge in [0.05, 0.1) is 23.7 Å². The smallest absolute Gasteiger partial charge is 0.234 e. The molecule has 1 amide bonds. The summed E-state index contributed by atoms with van der Waals surface area (Å²) >= 11 is 1.37. The number of hydrogen-bond donors (Lipinski definition) is 1. The van der Waals surface area contributed by atoms with Gasteiger partial charge in [0.15, 0.2) is 5.16 Å². The largest absolute Gasteiger partial charge is 0.367 e. The summed E-state index contributed by atoms with van der Waals surface area (Å²) in [4.78, 5) is 16.9. The normalized spacial score (nSPS) is 14.8. The van der Waals surface area contributed by atoms with Crippen molar-refractivity contribution in [2.24, 2.45) is 7.05 Å². The summed E-state index contributed by atoms with van der Waals surface area (Å²) in [5, 5.41) is 11.5. The first-order valence-electron chi connectivity index (χ1n) is 8.44. The van der Waals surface area contributed by atoms with Gasteiger partial charge in [0.2, 0.25) is 5.91 Å². The molecule has 1 saturated heterocycles. The molecule has 0 spiro atoms. The molecule has 1 aromatic carbocycles. The molecule has 0 atom stereocenters. The minimum atomic E-state index is -0.0589. The molecule has 0 unspecified atom stereocenters. The average Bonchev–Trinajstić information content (AvgIpc) is 3.06. The van der Waals surface area contributed by atoms with Crippen molar-refractivity contribution in [3.63, 3.8) is 0 Å². The summed E-state index contributed by atoms with van der Waals surface area (Å²) < 4.78 is 1.79. The van der Waals surface area contributed by atoms with Gasteiger partial charge in [-0.3, -0.25) is 9.69 Å². The third-order valence-electron chi connectivity index (χ3n) is 4.21. The second-order valence-corrected chi connectivity index (χ2v) is 6.99. The van der Waals surface area contributed by atoms with Gasteiger partial charge < -0.3 is 14.8 Å². The molecule has 1 fully saturated rings. The van der Waals surface area contributed by atoms with E-state index in [1.807, 2.05) is 31.3 Å². The van der Waals surface area contributed by atoms with Crippen molar-refractivity contribution < 1.29 is 4.79 Å². The van der Waals surface area contributed by atoms with Crippen molar-refractivity contribution in [1.29, 1.82) is 0 Å². The predicted molar refractivity (Wildman–Crippen MR) is 104 cm³/mol. The number of carbonyl (C=O) groups excluding carboxylic acids is 1. The van der Waals surface area contributed by atoms with E-state index in [2.05, 4.69) is 31.2 Å². The SMILES string of the molecule is C#CCN1CCN(c2ccccc2NC(=O)CSc2nncn2C)CC1. The minimum absolute atomic E-state index is 0.0589. The third kappa shape index (κ3) is 4.56. The van der Waals surface area contributed by atoms with E-state index in [1.165, 1.54) is 11.8 Å². The van der Waals surface area contributed by atoms with E-state index in [0.717, 1.165) is 42.7 Å². The van der Waals surface area contributed by atoms with Gasteiger partial charge in [0.1, 0.15) is 6.33 Å². The number of anilines is 2.